The number of benzene rings is 1. The van der Waals surface area contributed by atoms with E-state index in [1.165, 1.54) is 19.2 Å². The fourth-order valence-corrected chi connectivity index (χ4v) is 1.83. The van der Waals surface area contributed by atoms with E-state index in [2.05, 4.69) is 10.3 Å². The number of nitrogens with one attached hydrogen (secondary N) is 1. The van der Waals surface area contributed by atoms with E-state index in [0.717, 1.165) is 6.08 Å². The fourth-order valence-electron chi connectivity index (χ4n) is 1.83. The van der Waals surface area contributed by atoms with E-state index in [1.807, 2.05) is 0 Å². The molecular weight excluding hydrogens is 297 g/mol. The summed E-state index contributed by atoms with van der Waals surface area (Å²) in [6, 6.07) is 6.14. The summed E-state index contributed by atoms with van der Waals surface area (Å²) in [5, 5.41) is 2.34. The molecule has 1 N–H and O–H groups in total. The van der Waals surface area contributed by atoms with E-state index in [4.69, 9.17) is 9.47 Å². The third-order valence-electron chi connectivity index (χ3n) is 2.93. The predicted molar refractivity (Wildman–Crippen MR) is 78.2 cm³/mol. The Morgan fingerprint density at radius 1 is 1.32 bits per heavy atom. The van der Waals surface area contributed by atoms with E-state index in [0.29, 0.717) is 11.4 Å². The highest BCUT2D eigenvalue weighted by atomic mass is 19.4. The van der Waals surface area contributed by atoms with Gasteiger partial charge in [0.1, 0.15) is 18.1 Å². The maximum Gasteiger partial charge on any atom is 0.431 e. The molecule has 120 valence electrons. The van der Waals surface area contributed by atoms with Gasteiger partial charge in [0, 0.05) is 11.8 Å². The average Bonchev–Trinajstić information content (AvgIpc) is 2.77. The lowest BCUT2D eigenvalue weighted by Crippen LogP contribution is -2.20. The first kappa shape index (κ1) is 16.2. The summed E-state index contributed by atoms with van der Waals surface area (Å²) in [6.07, 6.45) is -3.67. The Balaban J connectivity index is 2.23. The average molecular weight is 314 g/mol. The monoisotopic (exact) mass is 314 g/mol. The van der Waals surface area contributed by atoms with Gasteiger partial charge in [-0.05, 0) is 38.1 Å². The summed E-state index contributed by atoms with van der Waals surface area (Å²) in [5.74, 6) is 0.534. The molecule has 1 aromatic carbocycles. The lowest BCUT2D eigenvalue weighted by atomic mass is 10.1. The first-order valence-corrected chi connectivity index (χ1v) is 6.62. The van der Waals surface area contributed by atoms with Crippen LogP contribution in [0.1, 0.15) is 13.8 Å². The van der Waals surface area contributed by atoms with E-state index in [-0.39, 0.29) is 12.5 Å². The topological polar surface area (TPSA) is 42.8 Å². The molecule has 1 aliphatic heterocycles. The smallest absolute Gasteiger partial charge is 0.431 e. The number of ether oxygens (including phenoxy) is 2. The highest BCUT2D eigenvalue weighted by Crippen LogP contribution is 2.29. The molecule has 0 spiro atoms. The van der Waals surface area contributed by atoms with Crippen molar-refractivity contribution < 1.29 is 22.6 Å². The van der Waals surface area contributed by atoms with Crippen LogP contribution in [0.2, 0.25) is 0 Å². The lowest BCUT2D eigenvalue weighted by molar-refractivity contribution is -0.0902. The molecule has 0 bridgehead atoms. The van der Waals surface area contributed by atoms with Crippen LogP contribution in [0.15, 0.2) is 41.0 Å². The predicted octanol–water partition coefficient (Wildman–Crippen LogP) is 3.76. The van der Waals surface area contributed by atoms with Crippen molar-refractivity contribution in [3.8, 4) is 5.75 Å². The zero-order valence-electron chi connectivity index (χ0n) is 12.5. The summed E-state index contributed by atoms with van der Waals surface area (Å²) >= 11 is 0. The van der Waals surface area contributed by atoms with Crippen LogP contribution in [-0.2, 0) is 4.74 Å². The summed E-state index contributed by atoms with van der Waals surface area (Å²) in [6.45, 7) is 3.84. The molecule has 7 heteroatoms. The second kappa shape index (κ2) is 5.90. The molecule has 0 aliphatic carbocycles. The van der Waals surface area contributed by atoms with E-state index in [9.17, 15) is 13.2 Å². The Labute approximate surface area is 126 Å². The van der Waals surface area contributed by atoms with Gasteiger partial charge in [0.05, 0.1) is 12.6 Å². The van der Waals surface area contributed by atoms with Crippen LogP contribution in [0.3, 0.4) is 0 Å². The Morgan fingerprint density at radius 2 is 1.95 bits per heavy atom. The number of alkyl halides is 3. The number of rotatable bonds is 4. The first-order chi connectivity index (χ1) is 10.2. The van der Waals surface area contributed by atoms with Crippen LogP contribution in [0, 0.1) is 0 Å². The molecule has 1 heterocycles. The van der Waals surface area contributed by atoms with Gasteiger partial charge in [-0.1, -0.05) is 0 Å². The van der Waals surface area contributed by atoms with Crippen LogP contribution in [0.5, 0.6) is 5.75 Å². The zero-order chi connectivity index (χ0) is 16.4. The van der Waals surface area contributed by atoms with Crippen molar-refractivity contribution in [2.45, 2.75) is 25.6 Å². The Hall–Kier alpha value is -2.18. The Kier molecular flexibility index (Phi) is 4.35. The molecule has 22 heavy (non-hydrogen) atoms. The number of hydrogen-bond acceptors (Lipinski definition) is 4. The third-order valence-corrected chi connectivity index (χ3v) is 2.93. The van der Waals surface area contributed by atoms with Crippen molar-refractivity contribution in [3.63, 3.8) is 0 Å². The second-order valence-electron chi connectivity index (χ2n) is 5.46. The van der Waals surface area contributed by atoms with Gasteiger partial charge < -0.3 is 14.8 Å². The number of nitrogens with zero attached hydrogens (tertiary/aromatic N) is 1. The number of aliphatic imine (C=N–C) groups is 1. The van der Waals surface area contributed by atoms with Crippen LogP contribution in [0.4, 0.5) is 18.9 Å². The van der Waals surface area contributed by atoms with Crippen molar-refractivity contribution in [1.29, 1.82) is 0 Å². The lowest BCUT2D eigenvalue weighted by Gasteiger charge is -2.14. The Bertz CT molecular complexity index is 590. The van der Waals surface area contributed by atoms with Gasteiger partial charge in [-0.25, -0.2) is 4.99 Å². The van der Waals surface area contributed by atoms with Gasteiger partial charge in [-0.15, -0.1) is 0 Å². The number of methoxy groups -OCH3 is 1. The quantitative estimate of drug-likeness (QED) is 0.920. The van der Waals surface area contributed by atoms with Gasteiger partial charge in [0.15, 0.2) is 0 Å². The summed E-state index contributed by atoms with van der Waals surface area (Å²) < 4.78 is 49.5. The van der Waals surface area contributed by atoms with Gasteiger partial charge in [-0.3, -0.25) is 0 Å². The molecular formula is C15H17F3N2O2. The summed E-state index contributed by atoms with van der Waals surface area (Å²) in [5.41, 5.74) is -1.15. The summed E-state index contributed by atoms with van der Waals surface area (Å²) in [4.78, 5) is 4.10. The van der Waals surface area contributed by atoms with Gasteiger partial charge >= 0.3 is 6.18 Å². The molecule has 0 radical (unpaired) electrons. The van der Waals surface area contributed by atoms with Gasteiger partial charge in [0.2, 0.25) is 5.90 Å². The molecule has 0 unspecified atom stereocenters. The van der Waals surface area contributed by atoms with Crippen molar-refractivity contribution in [1.82, 2.24) is 0 Å². The molecule has 0 saturated carbocycles. The van der Waals surface area contributed by atoms with E-state index in [1.54, 1.807) is 26.0 Å². The maximum absolute atomic E-state index is 13.1. The minimum absolute atomic E-state index is 0.0293. The maximum atomic E-state index is 13.1. The summed E-state index contributed by atoms with van der Waals surface area (Å²) in [7, 11) is 1.49. The molecule has 0 atom stereocenters. The van der Waals surface area contributed by atoms with Gasteiger partial charge in [0.25, 0.3) is 0 Å². The minimum Gasteiger partial charge on any atom is -0.497 e. The Morgan fingerprint density at radius 3 is 2.41 bits per heavy atom. The molecule has 1 aliphatic rings. The largest absolute Gasteiger partial charge is 0.497 e. The number of allylic oxidation sites excluding steroid dienone is 1. The van der Waals surface area contributed by atoms with Crippen LogP contribution in [-0.4, -0.2) is 31.3 Å². The highest BCUT2D eigenvalue weighted by Gasteiger charge is 2.36. The fraction of sp³-hybridized carbons (Fsp3) is 0.400. The van der Waals surface area contributed by atoms with Crippen molar-refractivity contribution in [3.05, 3.63) is 36.0 Å². The van der Waals surface area contributed by atoms with Crippen molar-refractivity contribution >= 4 is 11.6 Å². The van der Waals surface area contributed by atoms with Crippen molar-refractivity contribution in [2.24, 2.45) is 4.99 Å². The third kappa shape index (κ3) is 4.16. The first-order valence-electron chi connectivity index (χ1n) is 6.62. The van der Waals surface area contributed by atoms with Crippen LogP contribution in [0.25, 0.3) is 0 Å². The van der Waals surface area contributed by atoms with Crippen molar-refractivity contribution in [2.75, 3.05) is 19.0 Å². The number of anilines is 1. The molecule has 0 amide bonds. The molecule has 1 aromatic rings. The number of halogens is 3. The SMILES string of the molecule is COc1ccc(N/C(=C\C2=NC(C)(C)CO2)C(F)(F)F)cc1. The molecule has 0 aromatic heterocycles. The second-order valence-corrected chi connectivity index (χ2v) is 5.46. The molecule has 0 saturated heterocycles. The minimum atomic E-state index is -4.54. The van der Waals surface area contributed by atoms with Crippen LogP contribution >= 0.6 is 0 Å². The molecule has 0 fully saturated rings. The molecule has 4 nitrogen and oxygen atoms in total. The molecule has 2 rings (SSSR count). The van der Waals surface area contributed by atoms with E-state index < -0.39 is 17.4 Å². The normalized spacial score (nSPS) is 17.7. The van der Waals surface area contributed by atoms with E-state index >= 15 is 0 Å². The zero-order valence-corrected chi connectivity index (χ0v) is 12.5. The highest BCUT2D eigenvalue weighted by molar-refractivity contribution is 5.90. The number of hydrogen-bond donors (Lipinski definition) is 1. The van der Waals surface area contributed by atoms with Gasteiger partial charge in [-0.2, -0.15) is 13.2 Å². The van der Waals surface area contributed by atoms with Crippen LogP contribution < -0.4 is 10.1 Å². The standard InChI is InChI=1S/C15H17F3N2O2/c1-14(2)9-22-13(20-14)8-12(15(16,17)18)19-10-4-6-11(21-3)7-5-10/h4-8,19H,9H2,1-3H3/b12-8-.